The molecule has 29 heavy (non-hydrogen) atoms. The van der Waals surface area contributed by atoms with E-state index in [-0.39, 0.29) is 0 Å². The third-order valence-electron chi connectivity index (χ3n) is 3.94. The van der Waals surface area contributed by atoms with Crippen molar-refractivity contribution >= 4 is 23.6 Å². The molecule has 3 aromatic rings. The third kappa shape index (κ3) is 6.10. The molecule has 0 fully saturated rings. The highest BCUT2D eigenvalue weighted by Crippen LogP contribution is 2.13. The van der Waals surface area contributed by atoms with Crippen LogP contribution in [0, 0.1) is 12.7 Å². The molecule has 0 bridgehead atoms. The molecule has 8 heteroatoms. The molecule has 0 saturated carbocycles. The number of nitrogens with one attached hydrogen (secondary N) is 1. The molecule has 0 aliphatic heterocycles. The van der Waals surface area contributed by atoms with Crippen LogP contribution in [0.1, 0.15) is 16.8 Å². The smallest absolute Gasteiger partial charge is 0.331 e. The molecule has 0 atom stereocenters. The van der Waals surface area contributed by atoms with Gasteiger partial charge in [0.2, 0.25) is 0 Å². The minimum atomic E-state index is -0.701. The molecule has 0 radical (unpaired) electrons. The van der Waals surface area contributed by atoms with Crippen LogP contribution >= 0.6 is 0 Å². The molecule has 2 aromatic carbocycles. The first kappa shape index (κ1) is 19.9. The van der Waals surface area contributed by atoms with Crippen LogP contribution < -0.4 is 5.32 Å². The van der Waals surface area contributed by atoms with Gasteiger partial charge in [-0.05, 0) is 36.3 Å². The zero-order valence-electron chi connectivity index (χ0n) is 15.7. The molecule has 1 aromatic heterocycles. The normalized spacial score (nSPS) is 10.8. The first-order valence-electron chi connectivity index (χ1n) is 8.84. The largest absolute Gasteiger partial charge is 0.452 e. The van der Waals surface area contributed by atoms with Crippen molar-refractivity contribution in [3.05, 3.63) is 83.4 Å². The van der Waals surface area contributed by atoms with E-state index in [0.717, 1.165) is 11.6 Å². The second-order valence-electron chi connectivity index (χ2n) is 6.28. The molecule has 148 valence electrons. The number of amides is 1. The number of hydrogen-bond donors (Lipinski definition) is 1. The van der Waals surface area contributed by atoms with Crippen LogP contribution in [0.2, 0.25) is 0 Å². The molecule has 7 nitrogen and oxygen atoms in total. The quantitative estimate of drug-likeness (QED) is 0.492. The summed E-state index contributed by atoms with van der Waals surface area (Å²) in [5.74, 6) is -1.69. The van der Waals surface area contributed by atoms with E-state index >= 15 is 0 Å². The van der Waals surface area contributed by atoms with Gasteiger partial charge in [0.1, 0.15) is 11.5 Å². The monoisotopic (exact) mass is 394 g/mol. The Morgan fingerprint density at radius 1 is 1.21 bits per heavy atom. The highest BCUT2D eigenvalue weighted by Gasteiger charge is 2.07. The van der Waals surface area contributed by atoms with Gasteiger partial charge >= 0.3 is 5.97 Å². The lowest BCUT2D eigenvalue weighted by atomic mass is 10.2. The van der Waals surface area contributed by atoms with Gasteiger partial charge in [-0.25, -0.2) is 13.9 Å². The summed E-state index contributed by atoms with van der Waals surface area (Å²) in [7, 11) is 0. The molecular weight excluding hydrogens is 375 g/mol. The van der Waals surface area contributed by atoms with Crippen molar-refractivity contribution in [3.63, 3.8) is 0 Å². The zero-order valence-corrected chi connectivity index (χ0v) is 15.7. The Labute approximate surface area is 166 Å². The van der Waals surface area contributed by atoms with Gasteiger partial charge in [0.05, 0.1) is 12.7 Å². The van der Waals surface area contributed by atoms with E-state index in [1.165, 1.54) is 12.1 Å². The lowest BCUT2D eigenvalue weighted by molar-refractivity contribution is -0.142. The molecule has 3 rings (SSSR count). The van der Waals surface area contributed by atoms with Gasteiger partial charge in [-0.3, -0.25) is 4.79 Å². The van der Waals surface area contributed by atoms with Crippen molar-refractivity contribution < 1.29 is 18.7 Å². The van der Waals surface area contributed by atoms with Crippen molar-refractivity contribution in [2.45, 2.75) is 13.5 Å². The van der Waals surface area contributed by atoms with Crippen LogP contribution in [0.25, 0.3) is 6.08 Å². The van der Waals surface area contributed by atoms with Gasteiger partial charge in [0, 0.05) is 11.8 Å². The number of carbonyl (C=O) groups is 2. The molecule has 1 amide bonds. The Morgan fingerprint density at radius 2 is 2.00 bits per heavy atom. The number of nitrogens with zero attached hydrogens (tertiary/aromatic N) is 3. The van der Waals surface area contributed by atoms with E-state index in [1.807, 2.05) is 30.3 Å². The first-order chi connectivity index (χ1) is 14.0. The maximum Gasteiger partial charge on any atom is 0.331 e. The zero-order chi connectivity index (χ0) is 20.6. The fourth-order valence-corrected chi connectivity index (χ4v) is 2.44. The number of benzene rings is 2. The number of carbonyl (C=O) groups excluding carboxylic acids is 2. The van der Waals surface area contributed by atoms with Crippen LogP contribution in [-0.4, -0.2) is 33.5 Å². The predicted molar refractivity (Wildman–Crippen MR) is 105 cm³/mol. The number of halogens is 1. The summed E-state index contributed by atoms with van der Waals surface area (Å²) in [5.41, 5.74) is 2.32. The number of hydrogen-bond acceptors (Lipinski definition) is 5. The summed E-state index contributed by atoms with van der Waals surface area (Å²) in [4.78, 5) is 23.6. The van der Waals surface area contributed by atoms with E-state index in [9.17, 15) is 14.0 Å². The van der Waals surface area contributed by atoms with Gasteiger partial charge in [0.25, 0.3) is 5.91 Å². The van der Waals surface area contributed by atoms with Crippen molar-refractivity contribution in [2.75, 3.05) is 11.9 Å². The summed E-state index contributed by atoms with van der Waals surface area (Å²) < 4.78 is 20.0. The van der Waals surface area contributed by atoms with Crippen LogP contribution in [-0.2, 0) is 20.9 Å². The standard InChI is InChI=1S/C21H19FN4O3/c1-15-7-8-17(11-19(15)22)23-20(27)14-29-21(28)10-9-18-13-26(25-24-18)12-16-5-3-2-4-6-16/h2-11,13H,12,14H2,1H3,(H,23,27)/b10-9+. The third-order valence-corrected chi connectivity index (χ3v) is 3.94. The minimum absolute atomic E-state index is 0.291. The molecule has 0 spiro atoms. The van der Waals surface area contributed by atoms with E-state index in [4.69, 9.17) is 4.74 Å². The number of aromatic nitrogens is 3. The van der Waals surface area contributed by atoms with Crippen LogP contribution in [0.15, 0.2) is 60.8 Å². The van der Waals surface area contributed by atoms with Gasteiger partial charge in [-0.2, -0.15) is 0 Å². The van der Waals surface area contributed by atoms with Crippen molar-refractivity contribution in [3.8, 4) is 0 Å². The Hall–Kier alpha value is -3.81. The average Bonchev–Trinajstić information content (AvgIpc) is 3.16. The Balaban J connectivity index is 1.46. The second-order valence-corrected chi connectivity index (χ2v) is 6.28. The van der Waals surface area contributed by atoms with Crippen LogP contribution in [0.5, 0.6) is 0 Å². The first-order valence-corrected chi connectivity index (χ1v) is 8.84. The topological polar surface area (TPSA) is 86.1 Å². The fraction of sp³-hybridized carbons (Fsp3) is 0.143. The van der Waals surface area contributed by atoms with Gasteiger partial charge in [-0.15, -0.1) is 5.10 Å². The van der Waals surface area contributed by atoms with E-state index < -0.39 is 24.3 Å². The molecular formula is C21H19FN4O3. The number of ether oxygens (including phenoxy) is 1. The Morgan fingerprint density at radius 3 is 2.76 bits per heavy atom. The summed E-state index contributed by atoms with van der Waals surface area (Å²) in [6.07, 6.45) is 4.30. The highest BCUT2D eigenvalue weighted by molar-refractivity contribution is 5.94. The molecule has 0 aliphatic carbocycles. The minimum Gasteiger partial charge on any atom is -0.452 e. The van der Waals surface area contributed by atoms with Crippen molar-refractivity contribution in [1.29, 1.82) is 0 Å². The maximum atomic E-state index is 13.5. The fourth-order valence-electron chi connectivity index (χ4n) is 2.44. The van der Waals surface area contributed by atoms with Gasteiger partial charge in [0.15, 0.2) is 6.61 Å². The van der Waals surface area contributed by atoms with Crippen molar-refractivity contribution in [1.82, 2.24) is 15.0 Å². The molecule has 1 N–H and O–H groups in total. The molecule has 1 heterocycles. The maximum absolute atomic E-state index is 13.5. The SMILES string of the molecule is Cc1ccc(NC(=O)COC(=O)/C=C/c2cn(Cc3ccccc3)nn2)cc1F. The Bertz CT molecular complexity index is 1030. The molecule has 0 saturated heterocycles. The lowest BCUT2D eigenvalue weighted by Crippen LogP contribution is -2.20. The summed E-state index contributed by atoms with van der Waals surface area (Å²) in [5, 5.41) is 10.4. The predicted octanol–water partition coefficient (Wildman–Crippen LogP) is 2.97. The van der Waals surface area contributed by atoms with E-state index in [0.29, 0.717) is 23.5 Å². The number of rotatable bonds is 7. The van der Waals surface area contributed by atoms with Gasteiger partial charge in [-0.1, -0.05) is 41.6 Å². The van der Waals surface area contributed by atoms with Gasteiger partial charge < -0.3 is 10.1 Å². The Kier molecular flexibility index (Phi) is 6.47. The number of esters is 1. The lowest BCUT2D eigenvalue weighted by Gasteiger charge is -2.06. The van der Waals surface area contributed by atoms with Crippen LogP contribution in [0.4, 0.5) is 10.1 Å². The summed E-state index contributed by atoms with van der Waals surface area (Å²) >= 11 is 0. The molecule has 0 unspecified atom stereocenters. The summed E-state index contributed by atoms with van der Waals surface area (Å²) in [6.45, 7) is 1.70. The molecule has 0 aliphatic rings. The van der Waals surface area contributed by atoms with E-state index in [2.05, 4.69) is 15.6 Å². The highest BCUT2D eigenvalue weighted by atomic mass is 19.1. The number of anilines is 1. The van der Waals surface area contributed by atoms with Crippen molar-refractivity contribution in [2.24, 2.45) is 0 Å². The second kappa shape index (κ2) is 9.41. The van der Waals surface area contributed by atoms with E-state index in [1.54, 1.807) is 29.9 Å². The van der Waals surface area contributed by atoms with Crippen LogP contribution in [0.3, 0.4) is 0 Å². The summed E-state index contributed by atoms with van der Waals surface area (Å²) in [6, 6.07) is 14.1. The number of aryl methyl sites for hydroxylation is 1. The average molecular weight is 394 g/mol.